The number of allylic oxidation sites excluding steroid dienone is 4. The van der Waals surface area contributed by atoms with Crippen molar-refractivity contribution in [3.63, 3.8) is 0 Å². The number of nitrogens with zero attached hydrogens (tertiary/aromatic N) is 2. The molecule has 29 heavy (non-hydrogen) atoms. The monoisotopic (exact) mass is 390 g/mol. The zero-order chi connectivity index (χ0) is 19.6. The largest absolute Gasteiger partial charge is 0.393 e. The van der Waals surface area contributed by atoms with Crippen molar-refractivity contribution in [1.29, 1.82) is 0 Å². The van der Waals surface area contributed by atoms with Gasteiger partial charge in [-0.2, -0.15) is 0 Å². The fourth-order valence-corrected chi connectivity index (χ4v) is 5.31. The molecule has 152 valence electrons. The summed E-state index contributed by atoms with van der Waals surface area (Å²) in [5.41, 5.74) is 5.27. The number of aliphatic hydroxyl groups is 1. The van der Waals surface area contributed by atoms with E-state index in [1.54, 1.807) is 0 Å². The quantitative estimate of drug-likeness (QED) is 0.749. The number of aromatic nitrogens is 2. The van der Waals surface area contributed by atoms with Crippen LogP contribution < -0.4 is 0 Å². The molecule has 2 aliphatic carbocycles. The van der Waals surface area contributed by atoms with Gasteiger partial charge in [0.15, 0.2) is 0 Å². The molecule has 0 bridgehead atoms. The van der Waals surface area contributed by atoms with Crippen LogP contribution in [-0.2, 0) is 11.3 Å². The van der Waals surface area contributed by atoms with Crippen molar-refractivity contribution in [1.82, 2.24) is 9.55 Å². The van der Waals surface area contributed by atoms with Gasteiger partial charge in [-0.15, -0.1) is 0 Å². The second kappa shape index (κ2) is 8.29. The number of ether oxygens (including phenoxy) is 1. The van der Waals surface area contributed by atoms with Crippen LogP contribution in [0.3, 0.4) is 0 Å². The average molecular weight is 391 g/mol. The molecule has 2 unspecified atom stereocenters. The van der Waals surface area contributed by atoms with Crippen molar-refractivity contribution >= 4 is 5.57 Å². The first-order valence-electron chi connectivity index (χ1n) is 11.0. The lowest BCUT2D eigenvalue weighted by atomic mass is 9.80. The van der Waals surface area contributed by atoms with Crippen LogP contribution in [0.15, 0.2) is 60.6 Å². The maximum atomic E-state index is 11.1. The Labute approximate surface area is 172 Å². The SMILES string of the molecule is OC(CC1C2=C(C=CCC2)c2cncn21)[C@H]1CC[C@H](OCc2ccccc2)CC1. The van der Waals surface area contributed by atoms with Crippen molar-refractivity contribution in [3.8, 4) is 0 Å². The highest BCUT2D eigenvalue weighted by molar-refractivity contribution is 5.79. The fourth-order valence-electron chi connectivity index (χ4n) is 5.31. The van der Waals surface area contributed by atoms with Crippen molar-refractivity contribution in [2.75, 3.05) is 0 Å². The molecule has 1 aliphatic heterocycles. The number of benzene rings is 1. The predicted octanol–water partition coefficient (Wildman–Crippen LogP) is 5.07. The lowest BCUT2D eigenvalue weighted by Gasteiger charge is -2.33. The van der Waals surface area contributed by atoms with Gasteiger partial charge in [0.05, 0.1) is 43.1 Å². The second-order valence-electron chi connectivity index (χ2n) is 8.72. The Morgan fingerprint density at radius 1 is 1.14 bits per heavy atom. The minimum absolute atomic E-state index is 0.261. The van der Waals surface area contributed by atoms with Gasteiger partial charge in [-0.3, -0.25) is 0 Å². The predicted molar refractivity (Wildman–Crippen MR) is 114 cm³/mol. The van der Waals surface area contributed by atoms with Gasteiger partial charge in [0.2, 0.25) is 0 Å². The molecule has 0 amide bonds. The summed E-state index contributed by atoms with van der Waals surface area (Å²) in [7, 11) is 0. The summed E-state index contributed by atoms with van der Waals surface area (Å²) in [4.78, 5) is 4.36. The van der Waals surface area contributed by atoms with Gasteiger partial charge in [0.1, 0.15) is 0 Å². The maximum absolute atomic E-state index is 11.1. The van der Waals surface area contributed by atoms with Gasteiger partial charge < -0.3 is 14.4 Å². The van der Waals surface area contributed by atoms with E-state index < -0.39 is 0 Å². The number of imidazole rings is 1. The molecule has 4 heteroatoms. The van der Waals surface area contributed by atoms with Crippen molar-refractivity contribution in [2.45, 2.75) is 69.8 Å². The molecule has 5 rings (SSSR count). The van der Waals surface area contributed by atoms with Gasteiger partial charge in [0.25, 0.3) is 0 Å². The van der Waals surface area contributed by atoms with Gasteiger partial charge in [-0.25, -0.2) is 4.98 Å². The minimum Gasteiger partial charge on any atom is -0.393 e. The number of fused-ring (bicyclic) bond motifs is 2. The van der Waals surface area contributed by atoms with Crippen LogP contribution in [0.1, 0.15) is 62.2 Å². The molecule has 1 aromatic heterocycles. The zero-order valence-corrected chi connectivity index (χ0v) is 16.9. The summed E-state index contributed by atoms with van der Waals surface area (Å²) >= 11 is 0. The third-order valence-electron chi connectivity index (χ3n) is 6.95. The second-order valence-corrected chi connectivity index (χ2v) is 8.72. The highest BCUT2D eigenvalue weighted by atomic mass is 16.5. The molecule has 0 spiro atoms. The molecule has 1 aromatic carbocycles. The van der Waals surface area contributed by atoms with Crippen LogP contribution in [0.5, 0.6) is 0 Å². The van der Waals surface area contributed by atoms with E-state index in [9.17, 15) is 5.11 Å². The molecule has 1 fully saturated rings. The molecule has 2 heterocycles. The Morgan fingerprint density at radius 2 is 1.97 bits per heavy atom. The molecular formula is C25H30N2O2. The molecule has 2 atom stereocenters. The van der Waals surface area contributed by atoms with Crippen LogP contribution in [0.2, 0.25) is 0 Å². The van der Waals surface area contributed by atoms with Crippen LogP contribution in [0.25, 0.3) is 5.57 Å². The van der Waals surface area contributed by atoms with E-state index in [4.69, 9.17) is 4.74 Å². The van der Waals surface area contributed by atoms with Crippen molar-refractivity contribution in [2.24, 2.45) is 5.92 Å². The number of aliphatic hydroxyl groups excluding tert-OH is 1. The normalized spacial score (nSPS) is 27.0. The topological polar surface area (TPSA) is 47.3 Å². The molecule has 0 saturated heterocycles. The summed E-state index contributed by atoms with van der Waals surface area (Å²) < 4.78 is 8.40. The van der Waals surface area contributed by atoms with E-state index in [1.165, 1.54) is 22.4 Å². The van der Waals surface area contributed by atoms with E-state index in [-0.39, 0.29) is 12.1 Å². The lowest BCUT2D eigenvalue weighted by Crippen LogP contribution is -2.31. The first kappa shape index (κ1) is 18.8. The van der Waals surface area contributed by atoms with E-state index in [0.29, 0.717) is 18.6 Å². The van der Waals surface area contributed by atoms with Gasteiger partial charge in [-0.05, 0) is 62.0 Å². The summed E-state index contributed by atoms with van der Waals surface area (Å²) in [6.45, 7) is 0.689. The number of hydrogen-bond donors (Lipinski definition) is 1. The summed E-state index contributed by atoms with van der Waals surface area (Å²) in [5.74, 6) is 0.377. The molecular weight excluding hydrogens is 360 g/mol. The van der Waals surface area contributed by atoms with Crippen LogP contribution in [0, 0.1) is 5.92 Å². The maximum Gasteiger partial charge on any atom is 0.0956 e. The summed E-state index contributed by atoms with van der Waals surface area (Å²) in [6, 6.07) is 10.7. The number of hydrogen-bond acceptors (Lipinski definition) is 3. The summed E-state index contributed by atoms with van der Waals surface area (Å²) in [6.07, 6.45) is 15.7. The molecule has 1 N–H and O–H groups in total. The van der Waals surface area contributed by atoms with Gasteiger partial charge >= 0.3 is 0 Å². The van der Waals surface area contributed by atoms with Crippen LogP contribution >= 0.6 is 0 Å². The fraction of sp³-hybridized carbons (Fsp3) is 0.480. The first-order chi connectivity index (χ1) is 14.3. The first-order valence-corrected chi connectivity index (χ1v) is 11.0. The third-order valence-corrected chi connectivity index (χ3v) is 6.95. The van der Waals surface area contributed by atoms with E-state index in [0.717, 1.165) is 44.9 Å². The van der Waals surface area contributed by atoms with Crippen LogP contribution in [0.4, 0.5) is 0 Å². The highest BCUT2D eigenvalue weighted by Gasteiger charge is 2.35. The summed E-state index contributed by atoms with van der Waals surface area (Å²) in [5, 5.41) is 11.1. The molecule has 0 radical (unpaired) electrons. The highest BCUT2D eigenvalue weighted by Crippen LogP contribution is 2.44. The third kappa shape index (κ3) is 3.84. The van der Waals surface area contributed by atoms with E-state index in [2.05, 4.69) is 46.0 Å². The van der Waals surface area contributed by atoms with E-state index in [1.807, 2.05) is 18.6 Å². The zero-order valence-electron chi connectivity index (χ0n) is 16.9. The molecule has 4 nitrogen and oxygen atoms in total. The Bertz CT molecular complexity index is 891. The lowest BCUT2D eigenvalue weighted by molar-refractivity contribution is -0.0161. The van der Waals surface area contributed by atoms with Crippen molar-refractivity contribution in [3.05, 3.63) is 71.8 Å². The Balaban J connectivity index is 1.16. The van der Waals surface area contributed by atoms with Gasteiger partial charge in [-0.1, -0.05) is 42.5 Å². The molecule has 3 aliphatic rings. The minimum atomic E-state index is -0.261. The average Bonchev–Trinajstić information content (AvgIpc) is 3.36. The van der Waals surface area contributed by atoms with E-state index >= 15 is 0 Å². The molecule has 1 saturated carbocycles. The molecule has 2 aromatic rings. The van der Waals surface area contributed by atoms with Crippen molar-refractivity contribution < 1.29 is 9.84 Å². The Hall–Kier alpha value is -2.17. The number of rotatable bonds is 6. The standard InChI is InChI=1S/C25H30N2O2/c28-25(14-23-21-8-4-5-9-22(21)24-15-26-17-27(23)24)19-10-12-20(13-11-19)29-16-18-6-2-1-3-7-18/h1-3,5-7,9,15,17,19-20,23,25,28H,4,8,10-14,16H2/t19-,20-,23?,25?. The Morgan fingerprint density at radius 3 is 2.79 bits per heavy atom. The Kier molecular flexibility index (Phi) is 5.38. The van der Waals surface area contributed by atoms with Gasteiger partial charge in [0, 0.05) is 5.57 Å². The smallest absolute Gasteiger partial charge is 0.0956 e. The van der Waals surface area contributed by atoms with Crippen LogP contribution in [-0.4, -0.2) is 26.9 Å².